The van der Waals surface area contributed by atoms with Crippen molar-refractivity contribution in [1.82, 2.24) is 15.4 Å². The SMILES string of the molecule is C[C@@H](CC(=O)N[C@@H]1CCCc2cc(CNC(C)(C)C)ccc21)NS(=O)(=O)c1cccc(C(F)(F)F)c1. The van der Waals surface area contributed by atoms with E-state index in [9.17, 15) is 26.4 Å². The van der Waals surface area contributed by atoms with Crippen molar-refractivity contribution in [3.05, 3.63) is 64.7 Å². The number of rotatable bonds is 8. The van der Waals surface area contributed by atoms with Gasteiger partial charge in [0.15, 0.2) is 0 Å². The third-order valence-electron chi connectivity index (χ3n) is 6.00. The molecule has 6 nitrogen and oxygen atoms in total. The zero-order valence-corrected chi connectivity index (χ0v) is 21.8. The Morgan fingerprint density at radius 2 is 1.83 bits per heavy atom. The number of hydrogen-bond acceptors (Lipinski definition) is 4. The zero-order chi connectivity index (χ0) is 26.7. The minimum absolute atomic E-state index is 0.00571. The zero-order valence-electron chi connectivity index (χ0n) is 21.0. The molecule has 2 atom stereocenters. The van der Waals surface area contributed by atoms with Crippen LogP contribution in [-0.4, -0.2) is 25.9 Å². The maximum atomic E-state index is 13.0. The Morgan fingerprint density at radius 3 is 2.50 bits per heavy atom. The molecule has 36 heavy (non-hydrogen) atoms. The molecular formula is C26H34F3N3O3S. The summed E-state index contributed by atoms with van der Waals surface area (Å²) in [6.45, 7) is 8.58. The Balaban J connectivity index is 1.61. The Bertz CT molecular complexity index is 1190. The largest absolute Gasteiger partial charge is 0.416 e. The number of alkyl halides is 3. The normalized spacial score (nSPS) is 17.4. The summed E-state index contributed by atoms with van der Waals surface area (Å²) in [6, 6.07) is 8.80. The molecule has 1 amide bonds. The lowest BCUT2D eigenvalue weighted by Gasteiger charge is -2.28. The van der Waals surface area contributed by atoms with Gasteiger partial charge in [-0.2, -0.15) is 13.2 Å². The third-order valence-corrected chi connectivity index (χ3v) is 7.59. The average Bonchev–Trinajstić information content (AvgIpc) is 2.76. The molecule has 1 aliphatic rings. The summed E-state index contributed by atoms with van der Waals surface area (Å²) in [5, 5.41) is 6.47. The van der Waals surface area contributed by atoms with Crippen LogP contribution >= 0.6 is 0 Å². The fraction of sp³-hybridized carbons (Fsp3) is 0.500. The lowest BCUT2D eigenvalue weighted by Crippen LogP contribution is -2.39. The van der Waals surface area contributed by atoms with Gasteiger partial charge in [0.2, 0.25) is 15.9 Å². The molecule has 10 heteroatoms. The van der Waals surface area contributed by atoms with Crippen LogP contribution in [0.25, 0.3) is 0 Å². The summed E-state index contributed by atoms with van der Waals surface area (Å²) in [6.07, 6.45) is -2.17. The number of benzene rings is 2. The summed E-state index contributed by atoms with van der Waals surface area (Å²) >= 11 is 0. The first-order chi connectivity index (χ1) is 16.6. The van der Waals surface area contributed by atoms with E-state index in [4.69, 9.17) is 0 Å². The molecule has 0 unspecified atom stereocenters. The highest BCUT2D eigenvalue weighted by molar-refractivity contribution is 7.89. The number of fused-ring (bicyclic) bond motifs is 1. The smallest absolute Gasteiger partial charge is 0.349 e. The first-order valence-electron chi connectivity index (χ1n) is 12.0. The first kappa shape index (κ1) is 28.1. The number of amides is 1. The fourth-order valence-electron chi connectivity index (χ4n) is 4.24. The first-order valence-corrected chi connectivity index (χ1v) is 13.5. The Hall–Kier alpha value is -2.43. The van der Waals surface area contributed by atoms with Gasteiger partial charge in [0, 0.05) is 24.5 Å². The van der Waals surface area contributed by atoms with Crippen molar-refractivity contribution in [3.63, 3.8) is 0 Å². The summed E-state index contributed by atoms with van der Waals surface area (Å²) in [7, 11) is -4.23. The standard InChI is InChI=1S/C26H34F3N3O3S/c1-17(32-36(34,35)21-9-6-8-20(15-21)26(27,28)29)13-24(33)31-23-10-5-7-19-14-18(11-12-22(19)23)16-30-25(2,3)4/h6,8-9,11-12,14-15,17,23,30,32H,5,7,10,13,16H2,1-4H3,(H,31,33)/t17-,23+/m0/s1. The van der Waals surface area contributed by atoms with E-state index < -0.39 is 32.7 Å². The van der Waals surface area contributed by atoms with Crippen LogP contribution in [0.15, 0.2) is 47.4 Å². The highest BCUT2D eigenvalue weighted by Crippen LogP contribution is 2.32. The van der Waals surface area contributed by atoms with Gasteiger partial charge < -0.3 is 10.6 Å². The third kappa shape index (κ3) is 7.78. The quantitative estimate of drug-likeness (QED) is 0.460. The van der Waals surface area contributed by atoms with E-state index in [1.807, 2.05) is 12.1 Å². The number of sulfonamides is 1. The van der Waals surface area contributed by atoms with E-state index in [1.165, 1.54) is 18.1 Å². The Labute approximate surface area is 211 Å². The molecule has 3 N–H and O–H groups in total. The lowest BCUT2D eigenvalue weighted by molar-refractivity contribution is -0.137. The molecule has 0 aromatic heterocycles. The van der Waals surface area contributed by atoms with Gasteiger partial charge in [0.05, 0.1) is 16.5 Å². The van der Waals surface area contributed by atoms with Gasteiger partial charge in [0.25, 0.3) is 0 Å². The minimum Gasteiger partial charge on any atom is -0.349 e. The molecule has 3 rings (SSSR count). The van der Waals surface area contributed by atoms with Gasteiger partial charge in [-0.05, 0) is 81.8 Å². The Morgan fingerprint density at radius 1 is 1.11 bits per heavy atom. The van der Waals surface area contributed by atoms with Crippen molar-refractivity contribution in [3.8, 4) is 0 Å². The summed E-state index contributed by atoms with van der Waals surface area (Å²) < 4.78 is 66.4. The summed E-state index contributed by atoms with van der Waals surface area (Å²) in [4.78, 5) is 12.2. The van der Waals surface area contributed by atoms with Crippen LogP contribution in [0.2, 0.25) is 0 Å². The molecule has 0 aliphatic heterocycles. The molecule has 0 heterocycles. The van der Waals surface area contributed by atoms with Gasteiger partial charge >= 0.3 is 6.18 Å². The van der Waals surface area contributed by atoms with Crippen molar-refractivity contribution in [1.29, 1.82) is 0 Å². The van der Waals surface area contributed by atoms with E-state index in [0.29, 0.717) is 6.07 Å². The number of carbonyl (C=O) groups is 1. The molecule has 0 bridgehead atoms. The van der Waals surface area contributed by atoms with Crippen molar-refractivity contribution >= 4 is 15.9 Å². The van der Waals surface area contributed by atoms with E-state index in [2.05, 4.69) is 42.2 Å². The molecule has 1 aliphatic carbocycles. The van der Waals surface area contributed by atoms with E-state index in [-0.39, 0.29) is 23.9 Å². The predicted molar refractivity (Wildman–Crippen MR) is 133 cm³/mol. The van der Waals surface area contributed by atoms with Crippen LogP contribution in [0.1, 0.15) is 75.3 Å². The summed E-state index contributed by atoms with van der Waals surface area (Å²) in [5.41, 5.74) is 2.38. The van der Waals surface area contributed by atoms with Crippen LogP contribution < -0.4 is 15.4 Å². The highest BCUT2D eigenvalue weighted by Gasteiger charge is 2.32. The lowest BCUT2D eigenvalue weighted by atomic mass is 9.86. The van der Waals surface area contributed by atoms with Gasteiger partial charge in [-0.25, -0.2) is 13.1 Å². The van der Waals surface area contributed by atoms with Crippen molar-refractivity contribution in [2.75, 3.05) is 0 Å². The fourth-order valence-corrected chi connectivity index (χ4v) is 5.53. The minimum atomic E-state index is -4.66. The topological polar surface area (TPSA) is 87.3 Å². The molecule has 198 valence electrons. The van der Waals surface area contributed by atoms with Crippen LogP contribution in [-0.2, 0) is 34.0 Å². The molecule has 2 aromatic carbocycles. The van der Waals surface area contributed by atoms with E-state index in [0.717, 1.165) is 49.6 Å². The van der Waals surface area contributed by atoms with Gasteiger partial charge in [-0.3, -0.25) is 4.79 Å². The highest BCUT2D eigenvalue weighted by atomic mass is 32.2. The summed E-state index contributed by atoms with van der Waals surface area (Å²) in [5.74, 6) is -0.328. The number of nitrogens with one attached hydrogen (secondary N) is 3. The van der Waals surface area contributed by atoms with Crippen molar-refractivity contribution < 1.29 is 26.4 Å². The molecule has 0 fully saturated rings. The number of carbonyl (C=O) groups excluding carboxylic acids is 1. The molecule has 0 saturated heterocycles. The van der Waals surface area contributed by atoms with Gasteiger partial charge in [0.1, 0.15) is 0 Å². The van der Waals surface area contributed by atoms with Crippen molar-refractivity contribution in [2.24, 2.45) is 0 Å². The molecular weight excluding hydrogens is 491 g/mol. The molecule has 0 radical (unpaired) electrons. The van der Waals surface area contributed by atoms with Crippen LogP contribution in [0.4, 0.5) is 13.2 Å². The number of hydrogen-bond donors (Lipinski definition) is 3. The maximum Gasteiger partial charge on any atom is 0.416 e. The number of aryl methyl sites for hydroxylation is 1. The second kappa shape index (κ2) is 10.9. The van der Waals surface area contributed by atoms with Crippen molar-refractivity contribution in [2.45, 2.75) is 88.6 Å². The Kier molecular flexibility index (Phi) is 8.52. The maximum absolute atomic E-state index is 13.0. The second-order valence-electron chi connectivity index (χ2n) is 10.4. The molecule has 0 saturated carbocycles. The second-order valence-corrected chi connectivity index (χ2v) is 12.1. The number of halogens is 3. The monoisotopic (exact) mass is 525 g/mol. The van der Waals surface area contributed by atoms with Crippen LogP contribution in [0, 0.1) is 0 Å². The van der Waals surface area contributed by atoms with Crippen LogP contribution in [0.3, 0.4) is 0 Å². The average molecular weight is 526 g/mol. The van der Waals surface area contributed by atoms with Gasteiger partial charge in [-0.1, -0.05) is 24.3 Å². The van der Waals surface area contributed by atoms with E-state index >= 15 is 0 Å². The van der Waals surface area contributed by atoms with Crippen LogP contribution in [0.5, 0.6) is 0 Å². The van der Waals surface area contributed by atoms with Gasteiger partial charge in [-0.15, -0.1) is 0 Å². The molecule has 0 spiro atoms. The van der Waals surface area contributed by atoms with E-state index in [1.54, 1.807) is 0 Å². The molecule has 2 aromatic rings. The predicted octanol–water partition coefficient (Wildman–Crippen LogP) is 4.84.